The standard InChI is InChI=1S/C19H17F3INO3/c1-27-18(26)16(10-13-5-3-7-15(23)9-13)24-17(25)11-12-4-2-6-14(8-12)19(20,21)22/h2-9,16H,10-11H2,1H3,(H,24,25)/t16-/m1/s1. The molecule has 0 radical (unpaired) electrons. The third-order valence-electron chi connectivity index (χ3n) is 3.77. The van der Waals surface area contributed by atoms with E-state index in [1.807, 2.05) is 24.3 Å². The van der Waals surface area contributed by atoms with Crippen LogP contribution in [0, 0.1) is 3.57 Å². The Morgan fingerprint density at radius 1 is 1.11 bits per heavy atom. The second kappa shape index (κ2) is 9.20. The monoisotopic (exact) mass is 491 g/mol. The van der Waals surface area contributed by atoms with Crippen molar-refractivity contribution in [1.82, 2.24) is 5.32 Å². The van der Waals surface area contributed by atoms with Gasteiger partial charge in [0.15, 0.2) is 0 Å². The third-order valence-corrected chi connectivity index (χ3v) is 4.44. The highest BCUT2D eigenvalue weighted by Crippen LogP contribution is 2.29. The van der Waals surface area contributed by atoms with Gasteiger partial charge in [0.05, 0.1) is 19.1 Å². The van der Waals surface area contributed by atoms with Gasteiger partial charge in [-0.15, -0.1) is 0 Å². The molecule has 144 valence electrons. The molecule has 0 unspecified atom stereocenters. The average molecular weight is 491 g/mol. The number of ether oxygens (including phenoxy) is 1. The molecule has 0 aliphatic rings. The zero-order chi connectivity index (χ0) is 20.0. The van der Waals surface area contributed by atoms with Crippen LogP contribution in [0.1, 0.15) is 16.7 Å². The number of carbonyl (C=O) groups is 2. The molecule has 4 nitrogen and oxygen atoms in total. The highest BCUT2D eigenvalue weighted by atomic mass is 127. The fourth-order valence-electron chi connectivity index (χ4n) is 2.52. The normalized spacial score (nSPS) is 12.3. The van der Waals surface area contributed by atoms with E-state index in [2.05, 4.69) is 27.9 Å². The molecule has 0 fully saturated rings. The SMILES string of the molecule is COC(=O)[C@@H](Cc1cccc(I)c1)NC(=O)Cc1cccc(C(F)(F)F)c1. The molecule has 0 aliphatic carbocycles. The Kier molecular flexibility index (Phi) is 7.23. The molecule has 0 aliphatic heterocycles. The van der Waals surface area contributed by atoms with E-state index in [0.717, 1.165) is 21.3 Å². The molecule has 27 heavy (non-hydrogen) atoms. The Morgan fingerprint density at radius 3 is 2.41 bits per heavy atom. The predicted molar refractivity (Wildman–Crippen MR) is 102 cm³/mol. The van der Waals surface area contributed by atoms with Crippen molar-refractivity contribution in [2.75, 3.05) is 7.11 Å². The number of hydrogen-bond donors (Lipinski definition) is 1. The second-order valence-electron chi connectivity index (χ2n) is 5.85. The van der Waals surface area contributed by atoms with E-state index in [-0.39, 0.29) is 18.4 Å². The first-order valence-electron chi connectivity index (χ1n) is 7.97. The van der Waals surface area contributed by atoms with E-state index in [1.54, 1.807) is 0 Å². The Morgan fingerprint density at radius 2 is 1.78 bits per heavy atom. The molecule has 0 aromatic heterocycles. The molecule has 0 bridgehead atoms. The van der Waals surface area contributed by atoms with E-state index in [0.29, 0.717) is 0 Å². The summed E-state index contributed by atoms with van der Waals surface area (Å²) in [5.74, 6) is -1.18. The van der Waals surface area contributed by atoms with Crippen molar-refractivity contribution in [3.8, 4) is 0 Å². The molecule has 8 heteroatoms. The number of rotatable bonds is 6. The summed E-state index contributed by atoms with van der Waals surface area (Å²) in [6.45, 7) is 0. The molecule has 2 aromatic rings. The highest BCUT2D eigenvalue weighted by Gasteiger charge is 2.30. The number of esters is 1. The van der Waals surface area contributed by atoms with Gasteiger partial charge >= 0.3 is 12.1 Å². The number of amides is 1. The summed E-state index contributed by atoms with van der Waals surface area (Å²) in [6.07, 6.45) is -4.53. The fraction of sp³-hybridized carbons (Fsp3) is 0.263. The van der Waals surface area contributed by atoms with Gasteiger partial charge in [0, 0.05) is 9.99 Å². The largest absolute Gasteiger partial charge is 0.467 e. The van der Waals surface area contributed by atoms with Crippen LogP contribution in [0.2, 0.25) is 0 Å². The van der Waals surface area contributed by atoms with Crippen LogP contribution in [0.15, 0.2) is 48.5 Å². The molecule has 2 aromatic carbocycles. The zero-order valence-corrected chi connectivity index (χ0v) is 16.5. The lowest BCUT2D eigenvalue weighted by atomic mass is 10.0. The molecule has 1 amide bonds. The highest BCUT2D eigenvalue weighted by molar-refractivity contribution is 14.1. The van der Waals surface area contributed by atoms with Gasteiger partial charge in [0.25, 0.3) is 0 Å². The Labute approximate surface area is 168 Å². The molecule has 0 heterocycles. The van der Waals surface area contributed by atoms with E-state index in [4.69, 9.17) is 4.74 Å². The first-order chi connectivity index (χ1) is 12.7. The molecular weight excluding hydrogens is 474 g/mol. The van der Waals surface area contributed by atoms with Crippen LogP contribution in [-0.4, -0.2) is 25.0 Å². The Hall–Kier alpha value is -2.10. The number of alkyl halides is 3. The summed E-state index contributed by atoms with van der Waals surface area (Å²) in [5.41, 5.74) is 0.216. The van der Waals surface area contributed by atoms with Crippen molar-refractivity contribution < 1.29 is 27.5 Å². The van der Waals surface area contributed by atoms with Crippen molar-refractivity contribution in [3.05, 3.63) is 68.8 Å². The minimum absolute atomic E-state index is 0.209. The summed E-state index contributed by atoms with van der Waals surface area (Å²) in [6, 6.07) is 11.0. The van der Waals surface area contributed by atoms with Crippen molar-refractivity contribution >= 4 is 34.5 Å². The minimum atomic E-state index is -4.48. The number of carbonyl (C=O) groups excluding carboxylic acids is 2. The van der Waals surface area contributed by atoms with Crippen molar-refractivity contribution in [3.63, 3.8) is 0 Å². The third kappa shape index (κ3) is 6.53. The van der Waals surface area contributed by atoms with Gasteiger partial charge in [-0.2, -0.15) is 13.2 Å². The van der Waals surface area contributed by atoms with Crippen molar-refractivity contribution in [2.45, 2.75) is 25.1 Å². The smallest absolute Gasteiger partial charge is 0.416 e. The number of benzene rings is 2. The van der Waals surface area contributed by atoms with Crippen LogP contribution in [0.5, 0.6) is 0 Å². The molecular formula is C19H17F3INO3. The fourth-order valence-corrected chi connectivity index (χ4v) is 3.13. The van der Waals surface area contributed by atoms with Gasteiger partial charge in [-0.25, -0.2) is 4.79 Å². The van der Waals surface area contributed by atoms with Crippen LogP contribution in [0.4, 0.5) is 13.2 Å². The average Bonchev–Trinajstić information content (AvgIpc) is 2.60. The van der Waals surface area contributed by atoms with Crippen molar-refractivity contribution in [1.29, 1.82) is 0 Å². The number of methoxy groups -OCH3 is 1. The summed E-state index contributed by atoms with van der Waals surface area (Å²) in [7, 11) is 1.21. The molecule has 0 spiro atoms. The summed E-state index contributed by atoms with van der Waals surface area (Å²) < 4.78 is 44.0. The van der Waals surface area contributed by atoms with E-state index in [1.165, 1.54) is 19.2 Å². The maximum atomic E-state index is 12.8. The van der Waals surface area contributed by atoms with Crippen LogP contribution in [0.25, 0.3) is 0 Å². The lowest BCUT2D eigenvalue weighted by molar-refractivity contribution is -0.145. The van der Waals surface area contributed by atoms with Crippen LogP contribution in [-0.2, 0) is 33.3 Å². The number of halogens is 4. The van der Waals surface area contributed by atoms with Gasteiger partial charge in [0.1, 0.15) is 6.04 Å². The van der Waals surface area contributed by atoms with Crippen LogP contribution in [0.3, 0.4) is 0 Å². The Balaban J connectivity index is 2.09. The van der Waals surface area contributed by atoms with Gasteiger partial charge in [-0.1, -0.05) is 30.3 Å². The predicted octanol–water partition coefficient (Wildman–Crippen LogP) is 3.75. The van der Waals surface area contributed by atoms with Gasteiger partial charge in [0.2, 0.25) is 5.91 Å². The van der Waals surface area contributed by atoms with E-state index < -0.39 is 29.7 Å². The topological polar surface area (TPSA) is 55.4 Å². The first kappa shape index (κ1) is 21.2. The quantitative estimate of drug-likeness (QED) is 0.495. The van der Waals surface area contributed by atoms with Crippen LogP contribution >= 0.6 is 22.6 Å². The maximum absolute atomic E-state index is 12.8. The second-order valence-corrected chi connectivity index (χ2v) is 7.10. The van der Waals surface area contributed by atoms with Gasteiger partial charge in [-0.05, 0) is 51.9 Å². The lowest BCUT2D eigenvalue weighted by Crippen LogP contribution is -2.43. The molecule has 2 rings (SSSR count). The zero-order valence-electron chi connectivity index (χ0n) is 14.3. The number of nitrogens with one attached hydrogen (secondary N) is 1. The van der Waals surface area contributed by atoms with Crippen molar-refractivity contribution in [2.24, 2.45) is 0 Å². The number of hydrogen-bond acceptors (Lipinski definition) is 3. The van der Waals surface area contributed by atoms with E-state index in [9.17, 15) is 22.8 Å². The van der Waals surface area contributed by atoms with E-state index >= 15 is 0 Å². The summed E-state index contributed by atoms with van der Waals surface area (Å²) in [4.78, 5) is 24.2. The molecule has 0 saturated carbocycles. The molecule has 0 saturated heterocycles. The molecule has 1 N–H and O–H groups in total. The Bertz CT molecular complexity index is 824. The first-order valence-corrected chi connectivity index (χ1v) is 9.04. The van der Waals surface area contributed by atoms with Gasteiger partial charge in [-0.3, -0.25) is 4.79 Å². The maximum Gasteiger partial charge on any atom is 0.416 e. The molecule has 1 atom stereocenters. The minimum Gasteiger partial charge on any atom is -0.467 e. The van der Waals surface area contributed by atoms with Crippen LogP contribution < -0.4 is 5.32 Å². The van der Waals surface area contributed by atoms with Gasteiger partial charge < -0.3 is 10.1 Å². The lowest BCUT2D eigenvalue weighted by Gasteiger charge is -2.17. The summed E-state index contributed by atoms with van der Waals surface area (Å²) in [5, 5.41) is 2.55. The summed E-state index contributed by atoms with van der Waals surface area (Å²) >= 11 is 2.13.